The molecule has 2 aromatic heterocycles. The summed E-state index contributed by atoms with van der Waals surface area (Å²) in [4.78, 5) is 13.8. The van der Waals surface area contributed by atoms with Crippen molar-refractivity contribution in [2.75, 3.05) is 5.73 Å². The van der Waals surface area contributed by atoms with E-state index in [2.05, 4.69) is 20.7 Å². The first-order valence-electron chi connectivity index (χ1n) is 10.4. The van der Waals surface area contributed by atoms with Crippen molar-refractivity contribution in [2.24, 2.45) is 5.10 Å². The molecule has 0 aliphatic heterocycles. The highest BCUT2D eigenvalue weighted by atomic mass is 32.1. The molecule has 4 N–H and O–H groups in total. The number of nitrogens with zero attached hydrogens (tertiary/aromatic N) is 3. The number of anilines is 1. The van der Waals surface area contributed by atoms with Crippen LogP contribution in [-0.4, -0.2) is 27.4 Å². The molecule has 5 rings (SSSR count). The summed E-state index contributed by atoms with van der Waals surface area (Å²) in [5.74, 6) is -0.278. The van der Waals surface area contributed by atoms with E-state index in [4.69, 9.17) is 5.73 Å². The monoisotopic (exact) mass is 465 g/mol. The normalized spacial score (nSPS) is 11.2. The number of nitrogen functional groups attached to an aromatic ring is 1. The number of phenolic OH excluding ortho intramolecular Hbond substituents is 1. The number of benzene rings is 3. The molecule has 0 aliphatic rings. The van der Waals surface area contributed by atoms with Crippen LogP contribution in [0, 0.1) is 0 Å². The highest BCUT2D eigenvalue weighted by Gasteiger charge is 2.23. The Morgan fingerprint density at radius 1 is 0.912 bits per heavy atom. The maximum absolute atomic E-state index is 12.9. The van der Waals surface area contributed by atoms with Crippen LogP contribution in [0.1, 0.15) is 15.2 Å². The summed E-state index contributed by atoms with van der Waals surface area (Å²) in [5, 5.41) is 23.0. The fourth-order valence-electron chi connectivity index (χ4n) is 3.64. The van der Waals surface area contributed by atoms with Crippen molar-refractivity contribution in [2.45, 2.75) is 0 Å². The second kappa shape index (κ2) is 9.13. The Bertz CT molecular complexity index is 1500. The van der Waals surface area contributed by atoms with Gasteiger partial charge in [-0.3, -0.25) is 4.79 Å². The number of carbonyl (C=O) groups is 1. The predicted molar refractivity (Wildman–Crippen MR) is 136 cm³/mol. The van der Waals surface area contributed by atoms with Gasteiger partial charge in [0.2, 0.25) is 0 Å². The van der Waals surface area contributed by atoms with Gasteiger partial charge in [-0.2, -0.15) is 5.10 Å². The fourth-order valence-corrected chi connectivity index (χ4v) is 4.58. The van der Waals surface area contributed by atoms with Crippen molar-refractivity contribution in [3.05, 3.63) is 95.4 Å². The quantitative estimate of drug-likeness (QED) is 0.247. The lowest BCUT2D eigenvalue weighted by Gasteiger charge is -2.11. The molecule has 0 saturated heterocycles. The molecule has 0 aliphatic carbocycles. The molecule has 0 unspecified atom stereocenters. The molecule has 7 nitrogen and oxygen atoms in total. The molecule has 0 atom stereocenters. The molecular weight excluding hydrogens is 446 g/mol. The number of hydrazone groups is 1. The maximum Gasteiger partial charge on any atom is 0.283 e. The first kappa shape index (κ1) is 21.3. The highest BCUT2D eigenvalue weighted by molar-refractivity contribution is 7.21. The average molecular weight is 466 g/mol. The van der Waals surface area contributed by atoms with Gasteiger partial charge in [0.25, 0.3) is 5.91 Å². The maximum atomic E-state index is 12.9. The molecule has 1 amide bonds. The van der Waals surface area contributed by atoms with Crippen molar-refractivity contribution in [1.82, 2.24) is 15.6 Å². The minimum Gasteiger partial charge on any atom is -0.508 e. The van der Waals surface area contributed by atoms with E-state index in [0.29, 0.717) is 26.5 Å². The van der Waals surface area contributed by atoms with Gasteiger partial charge in [0.05, 0.1) is 11.9 Å². The number of rotatable bonds is 5. The zero-order valence-corrected chi connectivity index (χ0v) is 18.7. The fraction of sp³-hybridized carbons (Fsp3) is 0. The Balaban J connectivity index is 1.57. The summed E-state index contributed by atoms with van der Waals surface area (Å²) in [6, 6.07) is 26.0. The third-order valence-corrected chi connectivity index (χ3v) is 6.33. The van der Waals surface area contributed by atoms with Crippen LogP contribution in [0.4, 0.5) is 5.69 Å². The van der Waals surface area contributed by atoms with E-state index in [9.17, 15) is 9.90 Å². The Hall–Kier alpha value is -4.56. The van der Waals surface area contributed by atoms with Gasteiger partial charge in [0.15, 0.2) is 0 Å². The van der Waals surface area contributed by atoms with Gasteiger partial charge in [-0.1, -0.05) is 60.7 Å². The number of aromatic hydroxyl groups is 1. The molecule has 0 spiro atoms. The molecule has 0 bridgehead atoms. The number of hydrogen-bond acceptors (Lipinski definition) is 7. The van der Waals surface area contributed by atoms with E-state index < -0.39 is 5.91 Å². The van der Waals surface area contributed by atoms with Crippen molar-refractivity contribution < 1.29 is 9.90 Å². The number of amides is 1. The predicted octanol–water partition coefficient (Wildman–Crippen LogP) is 5.08. The summed E-state index contributed by atoms with van der Waals surface area (Å²) < 4.78 is 0. The second-order valence-electron chi connectivity index (χ2n) is 7.47. The number of hydrogen-bond donors (Lipinski definition) is 3. The van der Waals surface area contributed by atoms with Crippen LogP contribution >= 0.6 is 11.3 Å². The van der Waals surface area contributed by atoms with E-state index >= 15 is 0 Å². The number of thiophene rings is 1. The number of aromatic nitrogens is 2. The Labute approximate surface area is 199 Å². The first-order valence-corrected chi connectivity index (χ1v) is 11.3. The molecule has 5 aromatic rings. The lowest BCUT2D eigenvalue weighted by molar-refractivity contribution is 0.0960. The van der Waals surface area contributed by atoms with Crippen molar-refractivity contribution in [1.29, 1.82) is 0 Å². The van der Waals surface area contributed by atoms with E-state index in [0.717, 1.165) is 22.3 Å². The van der Waals surface area contributed by atoms with E-state index in [1.54, 1.807) is 24.3 Å². The second-order valence-corrected chi connectivity index (χ2v) is 8.47. The number of carbonyl (C=O) groups excluding carboxylic acids is 1. The topological polar surface area (TPSA) is 113 Å². The summed E-state index contributed by atoms with van der Waals surface area (Å²) >= 11 is 1.18. The summed E-state index contributed by atoms with van der Waals surface area (Å²) in [7, 11) is 0. The van der Waals surface area contributed by atoms with Crippen molar-refractivity contribution >= 4 is 39.4 Å². The summed E-state index contributed by atoms with van der Waals surface area (Å²) in [6.45, 7) is 0. The van der Waals surface area contributed by atoms with Crippen molar-refractivity contribution in [3.8, 4) is 28.1 Å². The zero-order valence-electron chi connectivity index (χ0n) is 17.8. The lowest BCUT2D eigenvalue weighted by atomic mass is 9.96. The minimum atomic E-state index is -0.434. The van der Waals surface area contributed by atoms with Crippen LogP contribution in [0.2, 0.25) is 0 Å². The van der Waals surface area contributed by atoms with Crippen LogP contribution in [0.3, 0.4) is 0 Å². The van der Waals surface area contributed by atoms with Crippen LogP contribution < -0.4 is 11.2 Å². The smallest absolute Gasteiger partial charge is 0.283 e. The molecule has 8 heteroatoms. The van der Waals surface area contributed by atoms with Crippen LogP contribution in [0.15, 0.2) is 90.0 Å². The Morgan fingerprint density at radius 3 is 2.24 bits per heavy atom. The lowest BCUT2D eigenvalue weighted by Crippen LogP contribution is -2.17. The van der Waals surface area contributed by atoms with Gasteiger partial charge >= 0.3 is 0 Å². The average Bonchev–Trinajstić information content (AvgIpc) is 3.22. The standard InChI is InChI=1S/C26H19N5O2S/c27-22-21-20(17-7-3-1-4-8-17)23(18-9-5-2-6-10-18)29-31-26(21)34-24(22)25(33)30-28-15-16-11-13-19(32)14-12-16/h1-15,32H,27H2,(H,30,33). The molecular formula is C26H19N5O2S. The summed E-state index contributed by atoms with van der Waals surface area (Å²) in [5.41, 5.74) is 13.5. The third kappa shape index (κ3) is 4.10. The Kier molecular flexibility index (Phi) is 5.72. The molecule has 3 aromatic carbocycles. The van der Waals surface area contributed by atoms with Gasteiger partial charge in [-0.15, -0.1) is 21.5 Å². The largest absolute Gasteiger partial charge is 0.508 e. The van der Waals surface area contributed by atoms with Crippen molar-refractivity contribution in [3.63, 3.8) is 0 Å². The molecule has 0 radical (unpaired) electrons. The van der Waals surface area contributed by atoms with E-state index in [1.165, 1.54) is 17.6 Å². The van der Waals surface area contributed by atoms with Gasteiger partial charge < -0.3 is 10.8 Å². The minimum absolute atomic E-state index is 0.157. The summed E-state index contributed by atoms with van der Waals surface area (Å²) in [6.07, 6.45) is 1.49. The van der Waals surface area contributed by atoms with Crippen LogP contribution in [0.25, 0.3) is 32.6 Å². The van der Waals surface area contributed by atoms with Gasteiger partial charge in [0, 0.05) is 16.5 Å². The van der Waals surface area contributed by atoms with Gasteiger partial charge in [-0.25, -0.2) is 5.43 Å². The molecule has 0 fully saturated rings. The SMILES string of the molecule is Nc1c(C(=O)NN=Cc2ccc(O)cc2)sc2nnc(-c3ccccc3)c(-c3ccccc3)c12. The Morgan fingerprint density at radius 2 is 1.56 bits per heavy atom. The number of phenols is 1. The van der Waals surface area contributed by atoms with Crippen LogP contribution in [0.5, 0.6) is 5.75 Å². The number of fused-ring (bicyclic) bond motifs is 1. The van der Waals surface area contributed by atoms with E-state index in [1.807, 2.05) is 60.7 Å². The van der Waals surface area contributed by atoms with Crippen LogP contribution in [-0.2, 0) is 0 Å². The zero-order chi connectivity index (χ0) is 23.5. The molecule has 2 heterocycles. The van der Waals surface area contributed by atoms with Gasteiger partial charge in [-0.05, 0) is 35.4 Å². The molecule has 0 saturated carbocycles. The number of nitrogens with two attached hydrogens (primary N) is 1. The molecule has 34 heavy (non-hydrogen) atoms. The first-order chi connectivity index (χ1) is 16.6. The van der Waals surface area contributed by atoms with E-state index in [-0.39, 0.29) is 5.75 Å². The third-order valence-electron chi connectivity index (χ3n) is 5.24. The molecule has 166 valence electrons. The highest BCUT2D eigenvalue weighted by Crippen LogP contribution is 2.42. The van der Waals surface area contributed by atoms with Gasteiger partial charge in [0.1, 0.15) is 21.2 Å². The number of nitrogens with one attached hydrogen (secondary N) is 1.